The van der Waals surface area contributed by atoms with E-state index in [0.717, 1.165) is 0 Å². The Balaban J connectivity index is 2.25. The van der Waals surface area contributed by atoms with E-state index in [2.05, 4.69) is 0 Å². The predicted molar refractivity (Wildman–Crippen MR) is 76.3 cm³/mol. The first-order valence-corrected chi connectivity index (χ1v) is 8.80. The van der Waals surface area contributed by atoms with Gasteiger partial charge in [0.2, 0.25) is 0 Å². The van der Waals surface area contributed by atoms with Gasteiger partial charge in [0.15, 0.2) is 0 Å². The van der Waals surface area contributed by atoms with Crippen LogP contribution in [0.1, 0.15) is 0 Å². The number of fused-ring (bicyclic) bond motifs is 1. The lowest BCUT2D eigenvalue weighted by Crippen LogP contribution is -2.29. The molecule has 0 saturated carbocycles. The molecule has 1 heterocycles. The van der Waals surface area contributed by atoms with Crippen LogP contribution in [0.5, 0.6) is 5.75 Å². The van der Waals surface area contributed by atoms with Crippen LogP contribution in [-0.2, 0) is 20.0 Å². The summed E-state index contributed by atoms with van der Waals surface area (Å²) in [6, 6.07) is 11.3. The van der Waals surface area contributed by atoms with Crippen molar-refractivity contribution in [2.45, 2.75) is 9.79 Å². The number of hydrogen-bond donors (Lipinski definition) is 0. The molecule has 1 aliphatic rings. The van der Waals surface area contributed by atoms with Crippen molar-refractivity contribution in [3.8, 4) is 5.75 Å². The zero-order chi connectivity index (χ0) is 15.3. The van der Waals surface area contributed by atoms with Crippen LogP contribution >= 0.6 is 0 Å². The fraction of sp³-hybridized carbons (Fsp3) is 0.0769. The maximum atomic E-state index is 12.5. The molecule has 0 aromatic heterocycles. The SMILES string of the molecule is COc1ccc(N2S(=O)(=O)c3ccccc3S2(=O)=O)cc1. The summed E-state index contributed by atoms with van der Waals surface area (Å²) in [6.45, 7) is 0. The molecule has 110 valence electrons. The number of sulfonamides is 2. The average Bonchev–Trinajstić information content (AvgIpc) is 2.63. The molecule has 2 aromatic carbocycles. The lowest BCUT2D eigenvalue weighted by Gasteiger charge is -2.16. The van der Waals surface area contributed by atoms with Crippen molar-refractivity contribution in [3.63, 3.8) is 0 Å². The highest BCUT2D eigenvalue weighted by atomic mass is 32.3. The number of methoxy groups -OCH3 is 1. The number of hydrogen-bond acceptors (Lipinski definition) is 5. The van der Waals surface area contributed by atoms with Gasteiger partial charge in [-0.1, -0.05) is 12.1 Å². The Bertz CT molecular complexity index is 849. The molecular formula is C13H11NO5S2. The third-order valence-electron chi connectivity index (χ3n) is 3.12. The molecule has 2 aromatic rings. The van der Waals surface area contributed by atoms with E-state index in [4.69, 9.17) is 4.74 Å². The normalized spacial score (nSPS) is 18.2. The number of ether oxygens (including phenoxy) is 1. The smallest absolute Gasteiger partial charge is 0.279 e. The van der Waals surface area contributed by atoms with Crippen molar-refractivity contribution in [2.75, 3.05) is 10.8 Å². The van der Waals surface area contributed by atoms with Crippen LogP contribution in [0.15, 0.2) is 58.3 Å². The Morgan fingerprint density at radius 1 is 0.810 bits per heavy atom. The topological polar surface area (TPSA) is 80.8 Å². The van der Waals surface area contributed by atoms with Crippen molar-refractivity contribution in [1.29, 1.82) is 0 Å². The Hall–Kier alpha value is -2.06. The van der Waals surface area contributed by atoms with E-state index < -0.39 is 20.0 Å². The summed E-state index contributed by atoms with van der Waals surface area (Å²) >= 11 is 0. The monoisotopic (exact) mass is 325 g/mol. The average molecular weight is 325 g/mol. The molecule has 1 aliphatic heterocycles. The summed E-state index contributed by atoms with van der Waals surface area (Å²) in [5.74, 6) is 0.505. The van der Waals surface area contributed by atoms with Crippen LogP contribution in [-0.4, -0.2) is 23.9 Å². The minimum Gasteiger partial charge on any atom is -0.497 e. The van der Waals surface area contributed by atoms with Gasteiger partial charge >= 0.3 is 0 Å². The molecule has 0 atom stereocenters. The molecule has 0 aliphatic carbocycles. The predicted octanol–water partition coefficient (Wildman–Crippen LogP) is 1.59. The van der Waals surface area contributed by atoms with Crippen molar-refractivity contribution in [3.05, 3.63) is 48.5 Å². The first-order chi connectivity index (χ1) is 9.89. The molecule has 0 amide bonds. The van der Waals surface area contributed by atoms with Gasteiger partial charge < -0.3 is 4.74 Å². The van der Waals surface area contributed by atoms with Gasteiger partial charge in [-0.25, -0.2) is 0 Å². The van der Waals surface area contributed by atoms with Crippen molar-refractivity contribution in [2.24, 2.45) is 0 Å². The van der Waals surface area contributed by atoms with Crippen LogP contribution in [0.25, 0.3) is 0 Å². The molecule has 6 nitrogen and oxygen atoms in total. The molecule has 8 heteroatoms. The van der Waals surface area contributed by atoms with Crippen LogP contribution in [0, 0.1) is 0 Å². The molecular weight excluding hydrogens is 314 g/mol. The quantitative estimate of drug-likeness (QED) is 0.837. The lowest BCUT2D eigenvalue weighted by atomic mass is 10.3. The number of benzene rings is 2. The zero-order valence-corrected chi connectivity index (χ0v) is 12.6. The summed E-state index contributed by atoms with van der Waals surface area (Å²) in [7, 11) is -6.78. The van der Waals surface area contributed by atoms with E-state index in [1.807, 2.05) is 0 Å². The van der Waals surface area contributed by atoms with Gasteiger partial charge in [-0.2, -0.15) is 20.5 Å². The summed E-state index contributed by atoms with van der Waals surface area (Å²) in [4.78, 5) is -0.415. The molecule has 3 rings (SSSR count). The van der Waals surface area contributed by atoms with E-state index in [0.29, 0.717) is 9.46 Å². The van der Waals surface area contributed by atoms with E-state index in [-0.39, 0.29) is 15.5 Å². The van der Waals surface area contributed by atoms with Crippen LogP contribution in [0.3, 0.4) is 0 Å². The molecule has 0 radical (unpaired) electrons. The van der Waals surface area contributed by atoms with Crippen molar-refractivity contribution < 1.29 is 21.6 Å². The first kappa shape index (κ1) is 13.9. The Labute approximate surface area is 122 Å². The van der Waals surface area contributed by atoms with Gasteiger partial charge in [0.1, 0.15) is 15.5 Å². The molecule has 0 saturated heterocycles. The van der Waals surface area contributed by atoms with Gasteiger partial charge in [0.05, 0.1) is 12.8 Å². The first-order valence-electron chi connectivity index (χ1n) is 5.92. The molecule has 0 fully saturated rings. The Morgan fingerprint density at radius 2 is 1.29 bits per heavy atom. The van der Waals surface area contributed by atoms with Crippen LogP contribution in [0.2, 0.25) is 0 Å². The van der Waals surface area contributed by atoms with Crippen molar-refractivity contribution in [1.82, 2.24) is 0 Å². The number of nitrogens with zero attached hydrogens (tertiary/aromatic N) is 1. The molecule has 0 N–H and O–H groups in total. The third-order valence-corrected chi connectivity index (χ3v) is 7.55. The maximum absolute atomic E-state index is 12.5. The molecule has 21 heavy (non-hydrogen) atoms. The summed E-state index contributed by atoms with van der Waals surface area (Å²) in [6.07, 6.45) is 0. The van der Waals surface area contributed by atoms with Gasteiger partial charge in [-0.3, -0.25) is 0 Å². The highest BCUT2D eigenvalue weighted by Crippen LogP contribution is 2.40. The van der Waals surface area contributed by atoms with Gasteiger partial charge in [0.25, 0.3) is 20.0 Å². The summed E-state index contributed by atoms with van der Waals surface area (Å²) < 4.78 is 55.3. The standard InChI is InChI=1S/C13H11NO5S2/c1-19-11-8-6-10(7-9-11)14-20(15,16)12-4-2-3-5-13(12)21(14,17)18/h2-9H,1H3. The summed E-state index contributed by atoms with van der Waals surface area (Å²) in [5, 5.41) is 0. The largest absolute Gasteiger partial charge is 0.497 e. The molecule has 0 spiro atoms. The Morgan fingerprint density at radius 3 is 1.71 bits per heavy atom. The van der Waals surface area contributed by atoms with Crippen LogP contribution in [0.4, 0.5) is 5.69 Å². The lowest BCUT2D eigenvalue weighted by molar-refractivity contribution is 0.415. The highest BCUT2D eigenvalue weighted by molar-refractivity contribution is 8.12. The second kappa shape index (κ2) is 4.47. The Kier molecular flexibility index (Phi) is 2.96. The molecule has 0 bridgehead atoms. The number of rotatable bonds is 2. The minimum absolute atomic E-state index is 0.0481. The number of anilines is 1. The fourth-order valence-corrected chi connectivity index (χ4v) is 6.61. The second-order valence-corrected chi connectivity index (χ2v) is 8.09. The van der Waals surface area contributed by atoms with Gasteiger partial charge in [0, 0.05) is 0 Å². The zero-order valence-electron chi connectivity index (χ0n) is 10.9. The maximum Gasteiger partial charge on any atom is 0.279 e. The van der Waals surface area contributed by atoms with Gasteiger partial charge in [-0.05, 0) is 36.4 Å². The van der Waals surface area contributed by atoms with Crippen molar-refractivity contribution >= 4 is 25.7 Å². The van der Waals surface area contributed by atoms with Gasteiger partial charge in [-0.15, -0.1) is 0 Å². The van der Waals surface area contributed by atoms with E-state index in [1.165, 1.54) is 55.6 Å². The van der Waals surface area contributed by atoms with E-state index in [1.54, 1.807) is 0 Å². The summed E-state index contributed by atoms with van der Waals surface area (Å²) in [5.41, 5.74) is 0.0481. The fourth-order valence-electron chi connectivity index (χ4n) is 2.17. The van der Waals surface area contributed by atoms with E-state index in [9.17, 15) is 16.8 Å². The van der Waals surface area contributed by atoms with E-state index >= 15 is 0 Å². The van der Waals surface area contributed by atoms with Crippen LogP contribution < -0.4 is 8.45 Å². The minimum atomic E-state index is -4.12. The highest BCUT2D eigenvalue weighted by Gasteiger charge is 2.47. The second-order valence-electron chi connectivity index (χ2n) is 4.35. The molecule has 0 unspecified atom stereocenters. The third kappa shape index (κ3) is 1.90.